The number of nitrogens with zero attached hydrogens (tertiary/aromatic N) is 2. The molecule has 1 amide bonds. The molecule has 0 bridgehead atoms. The van der Waals surface area contributed by atoms with E-state index in [1.807, 2.05) is 13.0 Å². The first-order valence-corrected chi connectivity index (χ1v) is 11.0. The maximum absolute atomic E-state index is 11.9. The minimum atomic E-state index is -0.429. The molecular formula is C19H22N4O4S2. The third-order valence-electron chi connectivity index (χ3n) is 3.85. The van der Waals surface area contributed by atoms with Crippen LogP contribution in [0.5, 0.6) is 0 Å². The van der Waals surface area contributed by atoms with Gasteiger partial charge in [0.15, 0.2) is 4.34 Å². The van der Waals surface area contributed by atoms with Crippen LogP contribution < -0.4 is 16.3 Å². The van der Waals surface area contributed by atoms with Crippen LogP contribution in [0.3, 0.4) is 0 Å². The van der Waals surface area contributed by atoms with E-state index in [9.17, 15) is 9.59 Å². The number of benzene rings is 1. The molecule has 0 saturated heterocycles. The first-order chi connectivity index (χ1) is 14.0. The maximum atomic E-state index is 11.9. The SMILES string of the molecule is CCOCCCNc1nnc(SCc2cc(=O)oc3cc(NC(C)=O)ccc23)s1. The number of hydrogen-bond donors (Lipinski definition) is 2. The predicted octanol–water partition coefficient (Wildman–Crippen LogP) is 3.73. The Morgan fingerprint density at radius 3 is 2.97 bits per heavy atom. The van der Waals surface area contributed by atoms with Crippen LogP contribution in [0.15, 0.2) is 37.8 Å². The van der Waals surface area contributed by atoms with Crippen LogP contribution in [0.2, 0.25) is 0 Å². The molecule has 29 heavy (non-hydrogen) atoms. The van der Waals surface area contributed by atoms with Crippen molar-refractivity contribution in [1.82, 2.24) is 10.2 Å². The maximum Gasteiger partial charge on any atom is 0.336 e. The largest absolute Gasteiger partial charge is 0.423 e. The summed E-state index contributed by atoms with van der Waals surface area (Å²) in [5.74, 6) is 0.373. The first-order valence-electron chi connectivity index (χ1n) is 9.17. The van der Waals surface area contributed by atoms with E-state index in [1.54, 1.807) is 12.1 Å². The van der Waals surface area contributed by atoms with Crippen LogP contribution >= 0.6 is 23.1 Å². The van der Waals surface area contributed by atoms with Crippen molar-refractivity contribution < 1.29 is 13.9 Å². The van der Waals surface area contributed by atoms with Gasteiger partial charge in [-0.15, -0.1) is 10.2 Å². The quantitative estimate of drug-likeness (QED) is 0.282. The number of amides is 1. The van der Waals surface area contributed by atoms with Gasteiger partial charge >= 0.3 is 5.63 Å². The van der Waals surface area contributed by atoms with Gasteiger partial charge < -0.3 is 19.8 Å². The Kier molecular flexibility index (Phi) is 7.62. The Balaban J connectivity index is 1.64. The molecule has 0 saturated carbocycles. The summed E-state index contributed by atoms with van der Waals surface area (Å²) in [5.41, 5.74) is 1.44. The van der Waals surface area contributed by atoms with Crippen LogP contribution in [-0.4, -0.2) is 35.9 Å². The molecule has 1 aromatic carbocycles. The lowest BCUT2D eigenvalue weighted by Crippen LogP contribution is -2.06. The fourth-order valence-electron chi connectivity index (χ4n) is 2.62. The van der Waals surface area contributed by atoms with Gasteiger partial charge in [0.1, 0.15) is 5.58 Å². The molecule has 2 aromatic heterocycles. The van der Waals surface area contributed by atoms with E-state index in [0.717, 1.165) is 46.6 Å². The second-order valence-electron chi connectivity index (χ2n) is 6.12. The normalized spacial score (nSPS) is 11.0. The number of hydrogen-bond acceptors (Lipinski definition) is 9. The molecule has 0 aliphatic carbocycles. The predicted molar refractivity (Wildman–Crippen MR) is 116 cm³/mol. The van der Waals surface area contributed by atoms with Gasteiger partial charge in [-0.2, -0.15) is 0 Å². The van der Waals surface area contributed by atoms with E-state index in [4.69, 9.17) is 9.15 Å². The van der Waals surface area contributed by atoms with Crippen LogP contribution in [0.4, 0.5) is 10.8 Å². The number of thioether (sulfide) groups is 1. The van der Waals surface area contributed by atoms with Crippen LogP contribution in [-0.2, 0) is 15.3 Å². The van der Waals surface area contributed by atoms with Gasteiger partial charge in [0.25, 0.3) is 0 Å². The van der Waals surface area contributed by atoms with Gasteiger partial charge in [-0.1, -0.05) is 23.1 Å². The van der Waals surface area contributed by atoms with Gasteiger partial charge in [-0.25, -0.2) is 4.79 Å². The number of ether oxygens (including phenoxy) is 1. The lowest BCUT2D eigenvalue weighted by molar-refractivity contribution is -0.114. The van der Waals surface area contributed by atoms with Crippen molar-refractivity contribution in [2.45, 2.75) is 30.4 Å². The Morgan fingerprint density at radius 2 is 2.17 bits per heavy atom. The Bertz CT molecular complexity index is 1030. The summed E-state index contributed by atoms with van der Waals surface area (Å²) >= 11 is 2.98. The Labute approximate surface area is 176 Å². The molecule has 0 unspecified atom stereocenters. The summed E-state index contributed by atoms with van der Waals surface area (Å²) in [5, 5.41) is 15.8. The molecular weight excluding hydrogens is 412 g/mol. The number of fused-ring (bicyclic) bond motifs is 1. The number of nitrogens with one attached hydrogen (secondary N) is 2. The minimum Gasteiger partial charge on any atom is -0.423 e. The zero-order chi connectivity index (χ0) is 20.6. The zero-order valence-electron chi connectivity index (χ0n) is 16.2. The third kappa shape index (κ3) is 6.28. The third-order valence-corrected chi connectivity index (χ3v) is 5.92. The van der Waals surface area contributed by atoms with E-state index in [0.29, 0.717) is 17.0 Å². The molecule has 2 N–H and O–H groups in total. The molecule has 3 rings (SSSR count). The molecule has 0 spiro atoms. The van der Waals surface area contributed by atoms with E-state index >= 15 is 0 Å². The Morgan fingerprint density at radius 1 is 1.31 bits per heavy atom. The molecule has 0 atom stereocenters. The van der Waals surface area contributed by atoms with Crippen LogP contribution in [0.25, 0.3) is 11.0 Å². The molecule has 2 heterocycles. The summed E-state index contributed by atoms with van der Waals surface area (Å²) in [6.45, 7) is 5.62. The van der Waals surface area contributed by atoms with Crippen molar-refractivity contribution in [2.24, 2.45) is 0 Å². The van der Waals surface area contributed by atoms with E-state index in [-0.39, 0.29) is 5.91 Å². The molecule has 0 radical (unpaired) electrons. The summed E-state index contributed by atoms with van der Waals surface area (Å²) in [4.78, 5) is 23.2. The monoisotopic (exact) mass is 434 g/mol. The van der Waals surface area contributed by atoms with Crippen LogP contribution in [0.1, 0.15) is 25.8 Å². The van der Waals surface area contributed by atoms with Crippen molar-refractivity contribution in [3.05, 3.63) is 40.2 Å². The van der Waals surface area contributed by atoms with Crippen molar-refractivity contribution in [3.63, 3.8) is 0 Å². The highest BCUT2D eigenvalue weighted by Gasteiger charge is 2.10. The topological polar surface area (TPSA) is 106 Å². The van der Waals surface area contributed by atoms with Gasteiger partial charge in [0.05, 0.1) is 0 Å². The average molecular weight is 435 g/mol. The molecule has 8 nitrogen and oxygen atoms in total. The highest BCUT2D eigenvalue weighted by molar-refractivity contribution is 8.00. The lowest BCUT2D eigenvalue weighted by Gasteiger charge is -2.07. The first kappa shape index (κ1) is 21.3. The molecule has 10 heteroatoms. The van der Waals surface area contributed by atoms with E-state index in [2.05, 4.69) is 20.8 Å². The van der Waals surface area contributed by atoms with Gasteiger partial charge in [-0.3, -0.25) is 4.79 Å². The number of rotatable bonds is 10. The fourth-order valence-corrected chi connectivity index (χ4v) is 4.39. The fraction of sp³-hybridized carbons (Fsp3) is 0.368. The second kappa shape index (κ2) is 10.4. The number of aromatic nitrogens is 2. The van der Waals surface area contributed by atoms with Crippen molar-refractivity contribution >= 4 is 50.8 Å². The Hall–Kier alpha value is -2.43. The number of anilines is 2. The van der Waals surface area contributed by atoms with Crippen molar-refractivity contribution in [3.8, 4) is 0 Å². The van der Waals surface area contributed by atoms with E-state index in [1.165, 1.54) is 36.1 Å². The summed E-state index contributed by atoms with van der Waals surface area (Å²) in [6.07, 6.45) is 0.905. The van der Waals surface area contributed by atoms with Crippen molar-refractivity contribution in [1.29, 1.82) is 0 Å². The number of carbonyl (C=O) groups is 1. The summed E-state index contributed by atoms with van der Waals surface area (Å²) < 4.78 is 11.4. The molecule has 154 valence electrons. The van der Waals surface area contributed by atoms with Gasteiger partial charge in [0.2, 0.25) is 11.0 Å². The second-order valence-corrected chi connectivity index (χ2v) is 8.32. The van der Waals surface area contributed by atoms with E-state index < -0.39 is 5.63 Å². The van der Waals surface area contributed by atoms with Crippen molar-refractivity contribution in [2.75, 3.05) is 30.4 Å². The molecule has 0 aliphatic heterocycles. The van der Waals surface area contributed by atoms with Gasteiger partial charge in [-0.05, 0) is 31.0 Å². The highest BCUT2D eigenvalue weighted by atomic mass is 32.2. The number of carbonyl (C=O) groups excluding carboxylic acids is 1. The average Bonchev–Trinajstić information content (AvgIpc) is 3.13. The molecule has 3 aromatic rings. The minimum absolute atomic E-state index is 0.183. The highest BCUT2D eigenvalue weighted by Crippen LogP contribution is 2.31. The smallest absolute Gasteiger partial charge is 0.336 e. The lowest BCUT2D eigenvalue weighted by atomic mass is 10.1. The standard InChI is InChI=1S/C19H22N4O4S2/c1-3-26-8-4-7-20-18-22-23-19(29-18)28-11-13-9-17(25)27-16-10-14(21-12(2)24)5-6-15(13)16/h5-6,9-10H,3-4,7-8,11H2,1-2H3,(H,20,22)(H,21,24). The summed E-state index contributed by atoms with van der Waals surface area (Å²) in [7, 11) is 0. The summed E-state index contributed by atoms with van der Waals surface area (Å²) in [6, 6.07) is 6.76. The van der Waals surface area contributed by atoms with Crippen LogP contribution in [0, 0.1) is 0 Å². The van der Waals surface area contributed by atoms with Gasteiger partial charge in [0, 0.05) is 55.6 Å². The molecule has 0 aliphatic rings. The zero-order valence-corrected chi connectivity index (χ0v) is 17.8. The molecule has 0 fully saturated rings.